The molecule has 4 heteroatoms. The van der Waals surface area contributed by atoms with Crippen molar-refractivity contribution in [3.63, 3.8) is 0 Å². The van der Waals surface area contributed by atoms with Gasteiger partial charge in [0.1, 0.15) is 0 Å². The molecule has 2 rings (SSSR count). The maximum absolute atomic E-state index is 11.1. The van der Waals surface area contributed by atoms with E-state index in [-0.39, 0.29) is 0 Å². The monoisotopic (exact) mass is 204 g/mol. The number of amides is 1. The van der Waals surface area contributed by atoms with Crippen molar-refractivity contribution >= 4 is 17.2 Å². The molecule has 2 N–H and O–H groups in total. The lowest BCUT2D eigenvalue weighted by Crippen LogP contribution is -2.12. The van der Waals surface area contributed by atoms with Gasteiger partial charge in [-0.1, -0.05) is 6.07 Å². The van der Waals surface area contributed by atoms with Gasteiger partial charge in [0.15, 0.2) is 0 Å². The Hall–Kier alpha value is -1.68. The number of rotatable bonds is 2. The van der Waals surface area contributed by atoms with Crippen molar-refractivity contribution in [2.75, 3.05) is 0 Å². The fourth-order valence-electron chi connectivity index (χ4n) is 1.21. The van der Waals surface area contributed by atoms with Crippen LogP contribution in [0.2, 0.25) is 0 Å². The molecule has 0 aliphatic carbocycles. The summed E-state index contributed by atoms with van der Waals surface area (Å²) in [6, 6.07) is 7.22. The number of carbonyl (C=O) groups is 1. The summed E-state index contributed by atoms with van der Waals surface area (Å²) in [6.07, 6.45) is 1.65. The molecular formula is C10H8N2OS. The van der Waals surface area contributed by atoms with E-state index in [2.05, 4.69) is 4.98 Å². The number of carbonyl (C=O) groups excluding carboxylic acids is 1. The minimum atomic E-state index is -0.443. The van der Waals surface area contributed by atoms with Crippen molar-refractivity contribution in [1.29, 1.82) is 0 Å². The molecule has 0 spiro atoms. The highest BCUT2D eigenvalue weighted by Gasteiger charge is 2.10. The number of hydrogen-bond acceptors (Lipinski definition) is 3. The Morgan fingerprint density at radius 3 is 2.86 bits per heavy atom. The van der Waals surface area contributed by atoms with Crippen LogP contribution in [-0.2, 0) is 0 Å². The van der Waals surface area contributed by atoms with E-state index in [1.165, 1.54) is 11.3 Å². The second kappa shape index (κ2) is 3.59. The Morgan fingerprint density at radius 1 is 1.36 bits per heavy atom. The van der Waals surface area contributed by atoms with Crippen LogP contribution in [0.3, 0.4) is 0 Å². The highest BCUT2D eigenvalue weighted by atomic mass is 32.1. The minimum absolute atomic E-state index is 0.443. The third-order valence-electron chi connectivity index (χ3n) is 1.83. The Kier molecular flexibility index (Phi) is 2.28. The standard InChI is InChI=1S/C10H8N2OS/c11-10(13)7-3-1-5-12-9(7)8-4-2-6-14-8/h1-6H,(H2,11,13). The molecule has 70 valence electrons. The van der Waals surface area contributed by atoms with Crippen LogP contribution in [0.25, 0.3) is 10.6 Å². The predicted octanol–water partition coefficient (Wildman–Crippen LogP) is 1.91. The highest BCUT2D eigenvalue weighted by molar-refractivity contribution is 7.13. The van der Waals surface area contributed by atoms with E-state index in [0.717, 1.165) is 4.88 Å². The largest absolute Gasteiger partial charge is 0.366 e. The Labute approximate surface area is 85.2 Å². The molecule has 0 fully saturated rings. The zero-order valence-corrected chi connectivity index (χ0v) is 8.12. The average molecular weight is 204 g/mol. The van der Waals surface area contributed by atoms with Crippen molar-refractivity contribution in [2.24, 2.45) is 5.73 Å². The number of nitrogens with zero attached hydrogens (tertiary/aromatic N) is 1. The van der Waals surface area contributed by atoms with Crippen LogP contribution in [0, 0.1) is 0 Å². The van der Waals surface area contributed by atoms with E-state index in [0.29, 0.717) is 11.3 Å². The Morgan fingerprint density at radius 2 is 2.21 bits per heavy atom. The van der Waals surface area contributed by atoms with Gasteiger partial charge >= 0.3 is 0 Å². The van der Waals surface area contributed by atoms with Gasteiger partial charge in [0.2, 0.25) is 0 Å². The average Bonchev–Trinajstić information content (AvgIpc) is 2.70. The second-order valence-electron chi connectivity index (χ2n) is 2.74. The van der Waals surface area contributed by atoms with E-state index in [1.807, 2.05) is 17.5 Å². The first-order valence-electron chi connectivity index (χ1n) is 4.08. The number of aromatic nitrogens is 1. The first-order chi connectivity index (χ1) is 6.79. The van der Waals surface area contributed by atoms with Crippen LogP contribution < -0.4 is 5.73 Å². The Balaban J connectivity index is 2.58. The predicted molar refractivity (Wildman–Crippen MR) is 56.1 cm³/mol. The number of nitrogens with two attached hydrogens (primary N) is 1. The number of thiophene rings is 1. The zero-order valence-electron chi connectivity index (χ0n) is 7.31. The topological polar surface area (TPSA) is 56.0 Å². The molecule has 0 aliphatic heterocycles. The van der Waals surface area contributed by atoms with Crippen molar-refractivity contribution in [2.45, 2.75) is 0 Å². The van der Waals surface area contributed by atoms with Crippen LogP contribution >= 0.6 is 11.3 Å². The number of hydrogen-bond donors (Lipinski definition) is 1. The van der Waals surface area contributed by atoms with E-state index < -0.39 is 5.91 Å². The SMILES string of the molecule is NC(=O)c1cccnc1-c1cccs1. The summed E-state index contributed by atoms with van der Waals surface area (Å²) in [6.45, 7) is 0. The summed E-state index contributed by atoms with van der Waals surface area (Å²) >= 11 is 1.54. The molecule has 0 aromatic carbocycles. The van der Waals surface area contributed by atoms with Crippen LogP contribution in [-0.4, -0.2) is 10.9 Å². The summed E-state index contributed by atoms with van der Waals surface area (Å²) < 4.78 is 0. The van der Waals surface area contributed by atoms with Gasteiger partial charge in [-0.05, 0) is 23.6 Å². The maximum Gasteiger partial charge on any atom is 0.250 e. The summed E-state index contributed by atoms with van der Waals surface area (Å²) in [7, 11) is 0. The summed E-state index contributed by atoms with van der Waals surface area (Å²) in [5.74, 6) is -0.443. The van der Waals surface area contributed by atoms with Gasteiger partial charge in [-0.15, -0.1) is 11.3 Å². The van der Waals surface area contributed by atoms with E-state index in [9.17, 15) is 4.79 Å². The first kappa shape index (κ1) is 8.90. The van der Waals surface area contributed by atoms with Gasteiger partial charge in [-0.3, -0.25) is 9.78 Å². The number of primary amides is 1. The van der Waals surface area contributed by atoms with Gasteiger partial charge in [0.05, 0.1) is 16.1 Å². The van der Waals surface area contributed by atoms with E-state index in [1.54, 1.807) is 18.3 Å². The van der Waals surface area contributed by atoms with Crippen LogP contribution in [0.5, 0.6) is 0 Å². The molecule has 0 saturated carbocycles. The molecule has 0 saturated heterocycles. The molecular weight excluding hydrogens is 196 g/mol. The van der Waals surface area contributed by atoms with E-state index in [4.69, 9.17) is 5.73 Å². The van der Waals surface area contributed by atoms with Gasteiger partial charge in [-0.25, -0.2) is 0 Å². The fraction of sp³-hybridized carbons (Fsp3) is 0. The molecule has 0 atom stereocenters. The van der Waals surface area contributed by atoms with E-state index >= 15 is 0 Å². The number of pyridine rings is 1. The lowest BCUT2D eigenvalue weighted by molar-refractivity contribution is 0.100. The van der Waals surface area contributed by atoms with Gasteiger partial charge in [-0.2, -0.15) is 0 Å². The molecule has 1 amide bonds. The molecule has 14 heavy (non-hydrogen) atoms. The van der Waals surface area contributed by atoms with Crippen molar-refractivity contribution in [3.05, 3.63) is 41.4 Å². The molecule has 2 heterocycles. The third-order valence-corrected chi connectivity index (χ3v) is 2.70. The molecule has 0 aliphatic rings. The van der Waals surface area contributed by atoms with Crippen LogP contribution in [0.4, 0.5) is 0 Å². The fourth-order valence-corrected chi connectivity index (χ4v) is 1.95. The van der Waals surface area contributed by atoms with Crippen LogP contribution in [0.1, 0.15) is 10.4 Å². The summed E-state index contributed by atoms with van der Waals surface area (Å²) in [5.41, 5.74) is 6.38. The van der Waals surface area contributed by atoms with Crippen molar-refractivity contribution < 1.29 is 4.79 Å². The maximum atomic E-state index is 11.1. The zero-order chi connectivity index (χ0) is 9.97. The lowest BCUT2D eigenvalue weighted by atomic mass is 10.1. The van der Waals surface area contributed by atoms with Gasteiger partial charge < -0.3 is 5.73 Å². The van der Waals surface area contributed by atoms with Crippen molar-refractivity contribution in [1.82, 2.24) is 4.98 Å². The second-order valence-corrected chi connectivity index (χ2v) is 3.69. The quantitative estimate of drug-likeness (QED) is 0.812. The normalized spacial score (nSPS) is 10.0. The summed E-state index contributed by atoms with van der Waals surface area (Å²) in [5, 5.41) is 1.94. The van der Waals surface area contributed by atoms with Crippen molar-refractivity contribution in [3.8, 4) is 10.6 Å². The molecule has 2 aromatic heterocycles. The lowest BCUT2D eigenvalue weighted by Gasteiger charge is -2.01. The van der Waals surface area contributed by atoms with Crippen LogP contribution in [0.15, 0.2) is 35.8 Å². The minimum Gasteiger partial charge on any atom is -0.366 e. The first-order valence-corrected chi connectivity index (χ1v) is 4.95. The third kappa shape index (κ3) is 1.52. The van der Waals surface area contributed by atoms with Gasteiger partial charge in [0.25, 0.3) is 5.91 Å². The summed E-state index contributed by atoms with van der Waals surface area (Å²) in [4.78, 5) is 16.2. The van der Waals surface area contributed by atoms with Gasteiger partial charge in [0, 0.05) is 6.20 Å². The molecule has 0 bridgehead atoms. The molecule has 3 nitrogen and oxygen atoms in total. The smallest absolute Gasteiger partial charge is 0.250 e. The Bertz CT molecular complexity index is 451. The molecule has 0 unspecified atom stereocenters. The molecule has 0 radical (unpaired) electrons. The highest BCUT2D eigenvalue weighted by Crippen LogP contribution is 2.25. The molecule has 2 aromatic rings.